The van der Waals surface area contributed by atoms with E-state index in [1.54, 1.807) is 4.90 Å². The van der Waals surface area contributed by atoms with Gasteiger partial charge in [-0.3, -0.25) is 4.90 Å². The second-order valence-corrected chi connectivity index (χ2v) is 5.22. The largest absolute Gasteiger partial charge is 0.390 e. The molecule has 2 rings (SSSR count). The summed E-state index contributed by atoms with van der Waals surface area (Å²) in [6.45, 7) is 3.19. The van der Waals surface area contributed by atoms with E-state index in [4.69, 9.17) is 0 Å². The van der Waals surface area contributed by atoms with Crippen molar-refractivity contribution in [3.63, 3.8) is 0 Å². The Kier molecular flexibility index (Phi) is 4.83. The Hall–Kier alpha value is -1.21. The van der Waals surface area contributed by atoms with E-state index < -0.39 is 30.3 Å². The van der Waals surface area contributed by atoms with Crippen molar-refractivity contribution in [1.82, 2.24) is 10.2 Å². The lowest BCUT2D eigenvalue weighted by Crippen LogP contribution is -2.46. The van der Waals surface area contributed by atoms with Gasteiger partial charge in [-0.15, -0.1) is 0 Å². The number of rotatable bonds is 3. The van der Waals surface area contributed by atoms with Crippen LogP contribution in [0.1, 0.15) is 23.6 Å². The fraction of sp³-hybridized carbons (Fsp3) is 0.571. The van der Waals surface area contributed by atoms with Gasteiger partial charge in [0.25, 0.3) is 0 Å². The maximum Gasteiger partial charge on any atom is 0.390 e. The van der Waals surface area contributed by atoms with Crippen molar-refractivity contribution in [2.24, 2.45) is 0 Å². The molecule has 1 N–H and O–H groups in total. The number of nitrogens with one attached hydrogen (secondary N) is 1. The van der Waals surface area contributed by atoms with Crippen LogP contribution in [0.5, 0.6) is 0 Å². The highest BCUT2D eigenvalue weighted by molar-refractivity contribution is 5.28. The lowest BCUT2D eigenvalue weighted by Gasteiger charge is -2.35. The summed E-state index contributed by atoms with van der Waals surface area (Å²) < 4.78 is 66.1. The summed E-state index contributed by atoms with van der Waals surface area (Å²) in [5, 5.41) is 3.03. The predicted molar refractivity (Wildman–Crippen MR) is 69.0 cm³/mol. The minimum atomic E-state index is -4.44. The molecule has 0 bridgehead atoms. The quantitative estimate of drug-likeness (QED) is 0.863. The molecule has 0 aromatic heterocycles. The molecule has 1 atom stereocenters. The molecule has 1 aliphatic heterocycles. The Balaban J connectivity index is 2.36. The second-order valence-electron chi connectivity index (χ2n) is 5.22. The highest BCUT2D eigenvalue weighted by Crippen LogP contribution is 2.36. The van der Waals surface area contributed by atoms with Gasteiger partial charge in [-0.1, -0.05) is 12.1 Å². The topological polar surface area (TPSA) is 15.3 Å². The first kappa shape index (κ1) is 16.2. The van der Waals surface area contributed by atoms with Gasteiger partial charge < -0.3 is 5.32 Å². The fourth-order valence-electron chi connectivity index (χ4n) is 2.57. The number of alkyl halides is 3. The van der Waals surface area contributed by atoms with Crippen molar-refractivity contribution in [2.75, 3.05) is 26.2 Å². The summed E-state index contributed by atoms with van der Waals surface area (Å²) in [6, 6.07) is 1.38. The lowest BCUT2D eigenvalue weighted by molar-refractivity contribution is -0.149. The van der Waals surface area contributed by atoms with E-state index in [2.05, 4.69) is 5.32 Å². The fourth-order valence-corrected chi connectivity index (χ4v) is 2.57. The zero-order valence-electron chi connectivity index (χ0n) is 11.6. The molecule has 0 aliphatic carbocycles. The first-order valence-corrected chi connectivity index (χ1v) is 6.75. The summed E-state index contributed by atoms with van der Waals surface area (Å²) in [5.41, 5.74) is -0.139. The normalized spacial score (nSPS) is 18.8. The summed E-state index contributed by atoms with van der Waals surface area (Å²) in [7, 11) is 0. The molecule has 1 fully saturated rings. The van der Waals surface area contributed by atoms with Crippen LogP contribution in [0.4, 0.5) is 22.0 Å². The van der Waals surface area contributed by atoms with Crippen LogP contribution in [0, 0.1) is 18.6 Å². The van der Waals surface area contributed by atoms with Crippen molar-refractivity contribution in [2.45, 2.75) is 25.6 Å². The third-order valence-electron chi connectivity index (χ3n) is 3.68. The molecule has 7 heteroatoms. The standard InChI is InChI=1S/C14H17F5N2/c1-9-2-3-10(13(16)12(9)15)11(8-14(17,18)19)21-6-4-20-5-7-21/h2-3,11,20H,4-8H2,1H3/t11-/m0/s1. The molecule has 118 valence electrons. The number of hydrogen-bond acceptors (Lipinski definition) is 2. The Morgan fingerprint density at radius 1 is 1.14 bits per heavy atom. The van der Waals surface area contributed by atoms with Crippen molar-refractivity contribution in [3.05, 3.63) is 34.9 Å². The minimum absolute atomic E-state index is 0.0855. The maximum atomic E-state index is 14.1. The van der Waals surface area contributed by atoms with Crippen molar-refractivity contribution >= 4 is 0 Å². The van der Waals surface area contributed by atoms with E-state index in [-0.39, 0.29) is 11.1 Å². The first-order valence-electron chi connectivity index (χ1n) is 6.75. The molecule has 2 nitrogen and oxygen atoms in total. The van der Waals surface area contributed by atoms with Gasteiger partial charge in [0, 0.05) is 37.8 Å². The molecular formula is C14H17F5N2. The summed E-state index contributed by atoms with van der Waals surface area (Å²) in [6.07, 6.45) is -5.63. The lowest BCUT2D eigenvalue weighted by atomic mass is 9.98. The van der Waals surface area contributed by atoms with E-state index in [1.165, 1.54) is 19.1 Å². The van der Waals surface area contributed by atoms with Gasteiger partial charge in [-0.25, -0.2) is 8.78 Å². The number of piperazine rings is 1. The Bertz CT molecular complexity index is 495. The predicted octanol–water partition coefficient (Wildman–Crippen LogP) is 3.17. The molecule has 21 heavy (non-hydrogen) atoms. The number of nitrogens with zero attached hydrogens (tertiary/aromatic N) is 1. The molecule has 1 aliphatic rings. The molecule has 0 saturated carbocycles. The minimum Gasteiger partial charge on any atom is -0.314 e. The molecule has 1 aromatic rings. The highest BCUT2D eigenvalue weighted by atomic mass is 19.4. The van der Waals surface area contributed by atoms with E-state index in [0.717, 1.165) is 0 Å². The van der Waals surface area contributed by atoms with Crippen LogP contribution < -0.4 is 5.32 Å². The van der Waals surface area contributed by atoms with Crippen LogP contribution >= 0.6 is 0 Å². The average molecular weight is 308 g/mol. The number of hydrogen-bond donors (Lipinski definition) is 1. The van der Waals surface area contributed by atoms with Crippen molar-refractivity contribution in [3.8, 4) is 0 Å². The van der Waals surface area contributed by atoms with Crippen molar-refractivity contribution < 1.29 is 22.0 Å². The Morgan fingerprint density at radius 3 is 2.33 bits per heavy atom. The second kappa shape index (κ2) is 6.27. The van der Waals surface area contributed by atoms with Crippen LogP contribution in [-0.2, 0) is 0 Å². The van der Waals surface area contributed by atoms with E-state index >= 15 is 0 Å². The molecule has 0 unspecified atom stereocenters. The van der Waals surface area contributed by atoms with Gasteiger partial charge in [0.1, 0.15) is 0 Å². The number of benzene rings is 1. The van der Waals surface area contributed by atoms with E-state index in [9.17, 15) is 22.0 Å². The van der Waals surface area contributed by atoms with Crippen LogP contribution in [0.3, 0.4) is 0 Å². The van der Waals surface area contributed by atoms with Gasteiger partial charge in [-0.05, 0) is 12.5 Å². The maximum absolute atomic E-state index is 14.1. The van der Waals surface area contributed by atoms with Gasteiger partial charge in [0.05, 0.1) is 6.42 Å². The Morgan fingerprint density at radius 2 is 1.76 bits per heavy atom. The van der Waals surface area contributed by atoms with Crippen molar-refractivity contribution in [1.29, 1.82) is 0 Å². The Labute approximate surface area is 119 Å². The summed E-state index contributed by atoms with van der Waals surface area (Å²) >= 11 is 0. The van der Waals surface area contributed by atoms with Gasteiger partial charge in [-0.2, -0.15) is 13.2 Å². The highest BCUT2D eigenvalue weighted by Gasteiger charge is 2.37. The van der Waals surface area contributed by atoms with Crippen LogP contribution in [0.2, 0.25) is 0 Å². The zero-order chi connectivity index (χ0) is 15.6. The van der Waals surface area contributed by atoms with E-state index in [0.29, 0.717) is 26.2 Å². The molecule has 0 amide bonds. The third kappa shape index (κ3) is 3.91. The van der Waals surface area contributed by atoms with Crippen LogP contribution in [0.25, 0.3) is 0 Å². The molecular weight excluding hydrogens is 291 g/mol. The average Bonchev–Trinajstić information content (AvgIpc) is 2.43. The SMILES string of the molecule is Cc1ccc([C@H](CC(F)(F)F)N2CCNCC2)c(F)c1F. The summed E-state index contributed by atoms with van der Waals surface area (Å²) in [5.74, 6) is -2.25. The summed E-state index contributed by atoms with van der Waals surface area (Å²) in [4.78, 5) is 1.55. The molecule has 0 spiro atoms. The molecule has 1 heterocycles. The van der Waals surface area contributed by atoms with Crippen LogP contribution in [-0.4, -0.2) is 37.3 Å². The number of halogens is 5. The third-order valence-corrected chi connectivity index (χ3v) is 3.68. The van der Waals surface area contributed by atoms with Gasteiger partial charge in [0.15, 0.2) is 11.6 Å². The first-order chi connectivity index (χ1) is 9.79. The smallest absolute Gasteiger partial charge is 0.314 e. The van der Waals surface area contributed by atoms with Gasteiger partial charge >= 0.3 is 6.18 Å². The van der Waals surface area contributed by atoms with Gasteiger partial charge in [0.2, 0.25) is 0 Å². The monoisotopic (exact) mass is 308 g/mol. The molecule has 0 radical (unpaired) electrons. The van der Waals surface area contributed by atoms with Crippen LogP contribution in [0.15, 0.2) is 12.1 Å². The zero-order valence-corrected chi connectivity index (χ0v) is 11.6. The molecule has 1 aromatic carbocycles. The number of aryl methyl sites for hydroxylation is 1. The molecule has 1 saturated heterocycles. The van der Waals surface area contributed by atoms with E-state index in [1.807, 2.05) is 0 Å².